The number of hydrogen-bond acceptors (Lipinski definition) is 4. The minimum Gasteiger partial charge on any atom is -0.355 e. The summed E-state index contributed by atoms with van der Waals surface area (Å²) in [6.07, 6.45) is 0. The van der Waals surface area contributed by atoms with Crippen molar-refractivity contribution in [1.82, 2.24) is 10.6 Å². The molecule has 0 aliphatic carbocycles. The second-order valence-corrected chi connectivity index (χ2v) is 3.90. The number of carbonyl (C=O) groups is 1. The first-order valence-corrected chi connectivity index (χ1v) is 5.79. The summed E-state index contributed by atoms with van der Waals surface area (Å²) in [7, 11) is 0. The Labute approximate surface area is 106 Å². The van der Waals surface area contributed by atoms with Crippen molar-refractivity contribution in [2.45, 2.75) is 19.9 Å². The topological polar surface area (TPSA) is 84.3 Å². The molecule has 1 aromatic carbocycles. The fourth-order valence-corrected chi connectivity index (χ4v) is 1.51. The number of carbonyl (C=O) groups excluding carboxylic acids is 1. The third-order valence-electron chi connectivity index (χ3n) is 2.55. The molecule has 1 rings (SSSR count). The molecule has 0 saturated heterocycles. The summed E-state index contributed by atoms with van der Waals surface area (Å²) in [5.74, 6) is -0.0636. The van der Waals surface area contributed by atoms with Crippen molar-refractivity contribution < 1.29 is 9.72 Å². The van der Waals surface area contributed by atoms with Gasteiger partial charge in [0.2, 0.25) is 5.91 Å². The van der Waals surface area contributed by atoms with Crippen molar-refractivity contribution in [2.75, 3.05) is 13.1 Å². The normalized spacial score (nSPS) is 11.9. The van der Waals surface area contributed by atoms with Gasteiger partial charge >= 0.3 is 0 Å². The molecule has 1 aromatic rings. The predicted molar refractivity (Wildman–Crippen MR) is 68.2 cm³/mol. The highest BCUT2D eigenvalue weighted by molar-refractivity contribution is 5.77. The van der Waals surface area contributed by atoms with Gasteiger partial charge in [-0.05, 0) is 19.4 Å². The van der Waals surface area contributed by atoms with Crippen molar-refractivity contribution in [3.63, 3.8) is 0 Å². The first kappa shape index (κ1) is 14.1. The second-order valence-electron chi connectivity index (χ2n) is 3.90. The van der Waals surface area contributed by atoms with Crippen LogP contribution in [0.3, 0.4) is 0 Å². The largest absolute Gasteiger partial charge is 0.355 e. The average molecular weight is 251 g/mol. The van der Waals surface area contributed by atoms with Gasteiger partial charge in [0.1, 0.15) is 0 Å². The molecule has 0 radical (unpaired) electrons. The number of benzene rings is 1. The third kappa shape index (κ3) is 4.14. The summed E-state index contributed by atoms with van der Waals surface area (Å²) in [6, 6.07) is 6.26. The van der Waals surface area contributed by atoms with E-state index in [2.05, 4.69) is 10.6 Å². The molecule has 0 heterocycles. The SMILES string of the molecule is CCNC(=O)CNC(C)c1ccc([N+](=O)[O-])cc1. The van der Waals surface area contributed by atoms with Crippen molar-refractivity contribution in [3.8, 4) is 0 Å². The van der Waals surface area contributed by atoms with E-state index in [9.17, 15) is 14.9 Å². The van der Waals surface area contributed by atoms with Gasteiger partial charge in [0, 0.05) is 24.7 Å². The molecular formula is C12H17N3O3. The van der Waals surface area contributed by atoms with Crippen molar-refractivity contribution in [1.29, 1.82) is 0 Å². The number of non-ortho nitro benzene ring substituents is 1. The molecule has 6 heteroatoms. The molecule has 0 saturated carbocycles. The lowest BCUT2D eigenvalue weighted by molar-refractivity contribution is -0.384. The molecule has 0 bridgehead atoms. The maximum atomic E-state index is 11.3. The monoisotopic (exact) mass is 251 g/mol. The molecule has 2 N–H and O–H groups in total. The molecule has 0 aliphatic heterocycles. The Morgan fingerprint density at radius 1 is 1.39 bits per heavy atom. The molecule has 0 aromatic heterocycles. The quantitative estimate of drug-likeness (QED) is 0.591. The van der Waals surface area contributed by atoms with E-state index in [0.717, 1.165) is 5.56 Å². The number of likely N-dealkylation sites (N-methyl/N-ethyl adjacent to an activating group) is 1. The maximum absolute atomic E-state index is 11.3. The van der Waals surface area contributed by atoms with Crippen molar-refractivity contribution in [3.05, 3.63) is 39.9 Å². The summed E-state index contributed by atoms with van der Waals surface area (Å²) in [6.45, 7) is 4.59. The molecule has 1 atom stereocenters. The third-order valence-corrected chi connectivity index (χ3v) is 2.55. The molecule has 6 nitrogen and oxygen atoms in total. The van der Waals surface area contributed by atoms with Crippen LogP contribution in [-0.4, -0.2) is 23.9 Å². The molecule has 1 unspecified atom stereocenters. The van der Waals surface area contributed by atoms with Crippen LogP contribution in [0.1, 0.15) is 25.5 Å². The van der Waals surface area contributed by atoms with Gasteiger partial charge in [0.05, 0.1) is 11.5 Å². The lowest BCUT2D eigenvalue weighted by atomic mass is 10.1. The van der Waals surface area contributed by atoms with Crippen LogP contribution in [-0.2, 0) is 4.79 Å². The summed E-state index contributed by atoms with van der Waals surface area (Å²) < 4.78 is 0. The van der Waals surface area contributed by atoms with Crippen LogP contribution in [0.4, 0.5) is 5.69 Å². The Morgan fingerprint density at radius 2 is 2.00 bits per heavy atom. The average Bonchev–Trinajstić information content (AvgIpc) is 2.36. The van der Waals surface area contributed by atoms with Gasteiger partial charge in [-0.2, -0.15) is 0 Å². The number of amides is 1. The fourth-order valence-electron chi connectivity index (χ4n) is 1.51. The molecule has 1 amide bonds. The van der Waals surface area contributed by atoms with E-state index in [-0.39, 0.29) is 24.2 Å². The summed E-state index contributed by atoms with van der Waals surface area (Å²) in [5.41, 5.74) is 0.972. The molecule has 0 fully saturated rings. The van der Waals surface area contributed by atoms with Gasteiger partial charge in [-0.3, -0.25) is 14.9 Å². The Balaban J connectivity index is 2.53. The van der Waals surface area contributed by atoms with Gasteiger partial charge in [-0.1, -0.05) is 12.1 Å². The van der Waals surface area contributed by atoms with Gasteiger partial charge in [0.25, 0.3) is 5.69 Å². The van der Waals surface area contributed by atoms with Crippen molar-refractivity contribution in [2.24, 2.45) is 0 Å². The minimum absolute atomic E-state index is 0.0339. The standard InChI is InChI=1S/C12H17N3O3/c1-3-13-12(16)8-14-9(2)10-4-6-11(7-5-10)15(17)18/h4-7,9,14H,3,8H2,1-2H3,(H,13,16). The van der Waals surface area contributed by atoms with Crippen LogP contribution < -0.4 is 10.6 Å². The fraction of sp³-hybridized carbons (Fsp3) is 0.417. The zero-order valence-electron chi connectivity index (χ0n) is 10.5. The van der Waals surface area contributed by atoms with E-state index in [4.69, 9.17) is 0 Å². The molecule has 18 heavy (non-hydrogen) atoms. The summed E-state index contributed by atoms with van der Waals surface area (Å²) in [4.78, 5) is 21.3. The molecule has 98 valence electrons. The number of nitrogens with one attached hydrogen (secondary N) is 2. The summed E-state index contributed by atoms with van der Waals surface area (Å²) in [5, 5.41) is 16.2. The first-order chi connectivity index (χ1) is 8.54. The van der Waals surface area contributed by atoms with E-state index in [0.29, 0.717) is 6.54 Å². The van der Waals surface area contributed by atoms with E-state index in [1.54, 1.807) is 12.1 Å². The van der Waals surface area contributed by atoms with Crippen LogP contribution >= 0.6 is 0 Å². The maximum Gasteiger partial charge on any atom is 0.269 e. The van der Waals surface area contributed by atoms with Crippen LogP contribution in [0.2, 0.25) is 0 Å². The van der Waals surface area contributed by atoms with Crippen LogP contribution in [0, 0.1) is 10.1 Å². The second kappa shape index (κ2) is 6.70. The number of nitro benzene ring substituents is 1. The highest BCUT2D eigenvalue weighted by Crippen LogP contribution is 2.17. The van der Waals surface area contributed by atoms with Gasteiger partial charge in [-0.15, -0.1) is 0 Å². The van der Waals surface area contributed by atoms with Crippen LogP contribution in [0.25, 0.3) is 0 Å². The van der Waals surface area contributed by atoms with E-state index < -0.39 is 4.92 Å². The predicted octanol–water partition coefficient (Wildman–Crippen LogP) is 1.38. The highest BCUT2D eigenvalue weighted by Gasteiger charge is 2.09. The van der Waals surface area contributed by atoms with E-state index >= 15 is 0 Å². The first-order valence-electron chi connectivity index (χ1n) is 5.79. The minimum atomic E-state index is -0.434. The lowest BCUT2D eigenvalue weighted by Crippen LogP contribution is -2.34. The number of nitro groups is 1. The Bertz CT molecular complexity index is 417. The zero-order chi connectivity index (χ0) is 13.5. The van der Waals surface area contributed by atoms with E-state index in [1.807, 2.05) is 13.8 Å². The van der Waals surface area contributed by atoms with Gasteiger partial charge < -0.3 is 10.6 Å². The number of nitrogens with zero attached hydrogens (tertiary/aromatic N) is 1. The Hall–Kier alpha value is -1.95. The van der Waals surface area contributed by atoms with Crippen molar-refractivity contribution >= 4 is 11.6 Å². The highest BCUT2D eigenvalue weighted by atomic mass is 16.6. The molecule has 0 spiro atoms. The number of hydrogen-bond donors (Lipinski definition) is 2. The zero-order valence-corrected chi connectivity index (χ0v) is 10.5. The van der Waals surface area contributed by atoms with Gasteiger partial charge in [-0.25, -0.2) is 0 Å². The van der Waals surface area contributed by atoms with Crippen LogP contribution in [0.5, 0.6) is 0 Å². The Morgan fingerprint density at radius 3 is 2.50 bits per heavy atom. The number of rotatable bonds is 6. The van der Waals surface area contributed by atoms with Gasteiger partial charge in [0.15, 0.2) is 0 Å². The summed E-state index contributed by atoms with van der Waals surface area (Å²) >= 11 is 0. The molecular weight excluding hydrogens is 234 g/mol. The molecule has 0 aliphatic rings. The van der Waals surface area contributed by atoms with Crippen LogP contribution in [0.15, 0.2) is 24.3 Å². The Kier molecular flexibility index (Phi) is 5.26. The lowest BCUT2D eigenvalue weighted by Gasteiger charge is -2.13. The smallest absolute Gasteiger partial charge is 0.269 e. The van der Waals surface area contributed by atoms with E-state index in [1.165, 1.54) is 12.1 Å².